The highest BCUT2D eigenvalue weighted by molar-refractivity contribution is 5.35. The van der Waals surface area contributed by atoms with Crippen molar-refractivity contribution in [3.05, 3.63) is 53.1 Å². The number of hydrogen-bond acceptors (Lipinski definition) is 2. The normalized spacial score (nSPS) is 18.0. The third kappa shape index (κ3) is 2.04. The topological polar surface area (TPSA) is 29.9 Å². The van der Waals surface area contributed by atoms with Gasteiger partial charge in [-0.1, -0.05) is 6.07 Å². The highest BCUT2D eigenvalue weighted by Gasteiger charge is 2.22. The largest absolute Gasteiger partial charge is 0.304 e. The standard InChI is InChI=1S/C14H16FN3/c1-18-12(6-7-17-18)9-16-14-5-2-10-8-11(15)3-4-13(10)14/h3-4,6-8,14,16H,2,5,9H2,1H3. The van der Waals surface area contributed by atoms with Crippen molar-refractivity contribution < 1.29 is 4.39 Å². The molecule has 0 saturated heterocycles. The fourth-order valence-corrected chi connectivity index (χ4v) is 2.60. The van der Waals surface area contributed by atoms with Gasteiger partial charge in [-0.3, -0.25) is 4.68 Å². The van der Waals surface area contributed by atoms with Gasteiger partial charge in [0.25, 0.3) is 0 Å². The fraction of sp³-hybridized carbons (Fsp3) is 0.357. The van der Waals surface area contributed by atoms with Crippen LogP contribution in [0.4, 0.5) is 4.39 Å². The lowest BCUT2D eigenvalue weighted by Gasteiger charge is -2.14. The molecule has 1 aliphatic carbocycles. The minimum absolute atomic E-state index is 0.138. The first-order valence-corrected chi connectivity index (χ1v) is 6.22. The van der Waals surface area contributed by atoms with Gasteiger partial charge in [0, 0.05) is 25.8 Å². The molecule has 0 radical (unpaired) electrons. The second-order valence-corrected chi connectivity index (χ2v) is 4.76. The van der Waals surface area contributed by atoms with Gasteiger partial charge in [-0.15, -0.1) is 0 Å². The summed E-state index contributed by atoms with van der Waals surface area (Å²) in [5.74, 6) is -0.138. The van der Waals surface area contributed by atoms with Crippen LogP contribution in [0.2, 0.25) is 0 Å². The van der Waals surface area contributed by atoms with Crippen molar-refractivity contribution in [1.29, 1.82) is 0 Å². The molecular weight excluding hydrogens is 229 g/mol. The van der Waals surface area contributed by atoms with Gasteiger partial charge < -0.3 is 5.32 Å². The number of aryl methyl sites for hydroxylation is 2. The third-order valence-corrected chi connectivity index (χ3v) is 3.63. The summed E-state index contributed by atoms with van der Waals surface area (Å²) in [6, 6.07) is 7.44. The zero-order valence-electron chi connectivity index (χ0n) is 10.4. The molecular formula is C14H16FN3. The van der Waals surface area contributed by atoms with Crippen LogP contribution in [0.1, 0.15) is 29.3 Å². The van der Waals surface area contributed by atoms with Gasteiger partial charge in [0.2, 0.25) is 0 Å². The Bertz CT molecular complexity index is 562. The molecule has 94 valence electrons. The second kappa shape index (κ2) is 4.53. The Morgan fingerprint density at radius 3 is 3.11 bits per heavy atom. The summed E-state index contributed by atoms with van der Waals surface area (Å²) in [5, 5.41) is 7.66. The first-order chi connectivity index (χ1) is 8.74. The Morgan fingerprint density at radius 2 is 2.33 bits per heavy atom. The van der Waals surface area contributed by atoms with Crippen molar-refractivity contribution >= 4 is 0 Å². The van der Waals surface area contributed by atoms with Crippen molar-refractivity contribution in [2.24, 2.45) is 7.05 Å². The summed E-state index contributed by atoms with van der Waals surface area (Å²) in [7, 11) is 1.94. The number of hydrogen-bond donors (Lipinski definition) is 1. The summed E-state index contributed by atoms with van der Waals surface area (Å²) < 4.78 is 15.0. The maximum absolute atomic E-state index is 13.1. The Balaban J connectivity index is 1.71. The lowest BCUT2D eigenvalue weighted by atomic mass is 10.1. The van der Waals surface area contributed by atoms with Gasteiger partial charge in [0.05, 0.1) is 5.69 Å². The maximum Gasteiger partial charge on any atom is 0.123 e. The average Bonchev–Trinajstić information content (AvgIpc) is 2.93. The third-order valence-electron chi connectivity index (χ3n) is 3.63. The van der Waals surface area contributed by atoms with Crippen LogP contribution in [-0.2, 0) is 20.0 Å². The van der Waals surface area contributed by atoms with Crippen molar-refractivity contribution in [1.82, 2.24) is 15.1 Å². The summed E-state index contributed by atoms with van der Waals surface area (Å²) in [6.45, 7) is 0.790. The van der Waals surface area contributed by atoms with E-state index in [2.05, 4.69) is 10.4 Å². The van der Waals surface area contributed by atoms with Crippen molar-refractivity contribution in [2.75, 3.05) is 0 Å². The van der Waals surface area contributed by atoms with E-state index >= 15 is 0 Å². The molecule has 1 N–H and O–H groups in total. The summed E-state index contributed by atoms with van der Waals surface area (Å²) in [5.41, 5.74) is 3.53. The summed E-state index contributed by atoms with van der Waals surface area (Å²) in [6.07, 6.45) is 3.79. The molecule has 3 nitrogen and oxygen atoms in total. The molecule has 0 bridgehead atoms. The average molecular weight is 245 g/mol. The highest BCUT2D eigenvalue weighted by atomic mass is 19.1. The van der Waals surface area contributed by atoms with Crippen LogP contribution in [-0.4, -0.2) is 9.78 Å². The number of halogens is 1. The second-order valence-electron chi connectivity index (χ2n) is 4.76. The Hall–Kier alpha value is -1.68. The number of nitrogens with one attached hydrogen (secondary N) is 1. The Kier molecular flexibility index (Phi) is 2.88. The molecule has 1 aromatic carbocycles. The first kappa shape index (κ1) is 11.4. The lowest BCUT2D eigenvalue weighted by Crippen LogP contribution is -2.20. The summed E-state index contributed by atoms with van der Waals surface area (Å²) >= 11 is 0. The van der Waals surface area contributed by atoms with Gasteiger partial charge in [-0.05, 0) is 42.2 Å². The fourth-order valence-electron chi connectivity index (χ4n) is 2.60. The predicted molar refractivity (Wildman–Crippen MR) is 67.5 cm³/mol. The predicted octanol–water partition coefficient (Wildman–Crippen LogP) is 2.34. The molecule has 3 rings (SSSR count). The van der Waals surface area contributed by atoms with Crippen LogP contribution >= 0.6 is 0 Å². The number of aromatic nitrogens is 2. The molecule has 4 heteroatoms. The smallest absolute Gasteiger partial charge is 0.123 e. The van der Waals surface area contributed by atoms with Crippen LogP contribution < -0.4 is 5.32 Å². The van der Waals surface area contributed by atoms with Gasteiger partial charge >= 0.3 is 0 Å². The number of nitrogens with zero attached hydrogens (tertiary/aromatic N) is 2. The molecule has 0 spiro atoms. The first-order valence-electron chi connectivity index (χ1n) is 6.22. The zero-order chi connectivity index (χ0) is 12.5. The minimum atomic E-state index is -0.138. The number of rotatable bonds is 3. The molecule has 1 aliphatic rings. The van der Waals surface area contributed by atoms with Crippen molar-refractivity contribution in [3.63, 3.8) is 0 Å². The SMILES string of the molecule is Cn1nccc1CNC1CCc2cc(F)ccc21. The number of fused-ring (bicyclic) bond motifs is 1. The zero-order valence-corrected chi connectivity index (χ0v) is 10.4. The van der Waals surface area contributed by atoms with Crippen LogP contribution in [0, 0.1) is 5.82 Å². The molecule has 1 aromatic heterocycles. The van der Waals surface area contributed by atoms with E-state index in [0.717, 1.165) is 30.6 Å². The van der Waals surface area contributed by atoms with Crippen LogP contribution in [0.25, 0.3) is 0 Å². The van der Waals surface area contributed by atoms with E-state index in [1.54, 1.807) is 18.3 Å². The molecule has 18 heavy (non-hydrogen) atoms. The van der Waals surface area contributed by atoms with Crippen LogP contribution in [0.3, 0.4) is 0 Å². The monoisotopic (exact) mass is 245 g/mol. The summed E-state index contributed by atoms with van der Waals surface area (Å²) in [4.78, 5) is 0. The molecule has 1 atom stereocenters. The van der Waals surface area contributed by atoms with Crippen LogP contribution in [0.15, 0.2) is 30.5 Å². The van der Waals surface area contributed by atoms with E-state index in [0.29, 0.717) is 6.04 Å². The van der Waals surface area contributed by atoms with E-state index < -0.39 is 0 Å². The van der Waals surface area contributed by atoms with Crippen molar-refractivity contribution in [3.8, 4) is 0 Å². The Labute approximate surface area is 106 Å². The lowest BCUT2D eigenvalue weighted by molar-refractivity contribution is 0.512. The Morgan fingerprint density at radius 1 is 1.44 bits per heavy atom. The van der Waals surface area contributed by atoms with Gasteiger partial charge in [-0.2, -0.15) is 5.10 Å². The van der Waals surface area contributed by atoms with Crippen LogP contribution in [0.5, 0.6) is 0 Å². The highest BCUT2D eigenvalue weighted by Crippen LogP contribution is 2.31. The van der Waals surface area contributed by atoms with Gasteiger partial charge in [0.15, 0.2) is 0 Å². The maximum atomic E-state index is 13.1. The van der Waals surface area contributed by atoms with Crippen molar-refractivity contribution in [2.45, 2.75) is 25.4 Å². The molecule has 0 aliphatic heterocycles. The van der Waals surface area contributed by atoms with E-state index in [1.807, 2.05) is 23.9 Å². The van der Waals surface area contributed by atoms with E-state index in [-0.39, 0.29) is 5.82 Å². The molecule has 1 heterocycles. The van der Waals surface area contributed by atoms with Gasteiger partial charge in [0.1, 0.15) is 5.82 Å². The van der Waals surface area contributed by atoms with Gasteiger partial charge in [-0.25, -0.2) is 4.39 Å². The molecule has 0 saturated carbocycles. The molecule has 0 amide bonds. The molecule has 1 unspecified atom stereocenters. The minimum Gasteiger partial charge on any atom is -0.304 e. The van der Waals surface area contributed by atoms with E-state index in [1.165, 1.54) is 5.56 Å². The number of benzene rings is 1. The molecule has 0 fully saturated rings. The van der Waals surface area contributed by atoms with E-state index in [9.17, 15) is 4.39 Å². The molecule has 2 aromatic rings. The van der Waals surface area contributed by atoms with E-state index in [4.69, 9.17) is 0 Å². The quantitative estimate of drug-likeness (QED) is 0.899.